The van der Waals surface area contributed by atoms with Crippen LogP contribution in [0.1, 0.15) is 0 Å². The second-order valence-electron chi connectivity index (χ2n) is 28.7. The molecule has 114 heavy (non-hydrogen) atoms. The molecular formula is C108H70N6. The average molecular weight is 1450 g/mol. The highest BCUT2D eigenvalue weighted by Gasteiger charge is 2.23. The van der Waals surface area contributed by atoms with Gasteiger partial charge in [-0.15, -0.1) is 0 Å². The molecule has 2 heterocycles. The summed E-state index contributed by atoms with van der Waals surface area (Å²) in [5, 5.41) is 14.7. The first-order chi connectivity index (χ1) is 56.5. The molecule has 21 rings (SSSR count). The first-order valence-electron chi connectivity index (χ1n) is 38.6. The van der Waals surface area contributed by atoms with Crippen LogP contribution in [-0.2, 0) is 0 Å². The molecule has 0 aliphatic carbocycles. The van der Waals surface area contributed by atoms with Crippen molar-refractivity contribution in [1.82, 2.24) is 29.9 Å². The predicted molar refractivity (Wildman–Crippen MR) is 475 cm³/mol. The van der Waals surface area contributed by atoms with Gasteiger partial charge in [-0.2, -0.15) is 0 Å². The van der Waals surface area contributed by atoms with Gasteiger partial charge < -0.3 is 0 Å². The molecule has 21 aromatic rings. The largest absolute Gasteiger partial charge is 0.208 e. The molecule has 0 amide bonds. The maximum Gasteiger partial charge on any atom is 0.164 e. The van der Waals surface area contributed by atoms with E-state index in [2.05, 4.69) is 364 Å². The number of benzene rings is 19. The molecule has 19 aromatic carbocycles. The van der Waals surface area contributed by atoms with Crippen molar-refractivity contribution >= 4 is 64.6 Å². The highest BCUT2D eigenvalue weighted by Crippen LogP contribution is 2.48. The van der Waals surface area contributed by atoms with Gasteiger partial charge in [-0.1, -0.05) is 406 Å². The summed E-state index contributed by atoms with van der Waals surface area (Å²) in [5.74, 6) is 3.82. The van der Waals surface area contributed by atoms with Gasteiger partial charge in [0.15, 0.2) is 34.9 Å². The van der Waals surface area contributed by atoms with E-state index >= 15 is 0 Å². The number of hydrogen-bond donors (Lipinski definition) is 0. The first-order valence-corrected chi connectivity index (χ1v) is 38.6. The minimum atomic E-state index is 0.629. The van der Waals surface area contributed by atoms with Crippen LogP contribution in [0.4, 0.5) is 0 Å². The molecule has 0 atom stereocenters. The number of nitrogens with zero attached hydrogens (tertiary/aromatic N) is 6. The lowest BCUT2D eigenvalue weighted by Gasteiger charge is -2.19. The normalized spacial score (nSPS) is 11.3. The topological polar surface area (TPSA) is 77.3 Å². The van der Waals surface area contributed by atoms with Crippen molar-refractivity contribution in [3.8, 4) is 146 Å². The van der Waals surface area contributed by atoms with E-state index in [-0.39, 0.29) is 0 Å². The van der Waals surface area contributed by atoms with Gasteiger partial charge in [-0.3, -0.25) is 0 Å². The molecule has 0 bridgehead atoms. The third kappa shape index (κ3) is 13.1. The van der Waals surface area contributed by atoms with Crippen molar-refractivity contribution in [3.05, 3.63) is 425 Å². The second kappa shape index (κ2) is 30.0. The SMILES string of the molecule is c1ccc(-c2ccc(-c3nc(-c4ccccc4)nc(-c4cccc(-c5c6ccccc6c(-c6ccc(-c7ccc8ccccc8c7)cc6)c6ccccc56)c4)n3)cc2)cc1.c1ccc(-c2ccc(-c3nc(-c4ccccc4)nc(-c4cccc(-c5c6ccccc6c(-c6cccc7ccccc67)c6ccccc56)c4)n3)cc2)cc1. The molecule has 0 saturated heterocycles. The fourth-order valence-electron chi connectivity index (χ4n) is 16.3. The van der Waals surface area contributed by atoms with Crippen LogP contribution in [0.5, 0.6) is 0 Å². The molecule has 0 fully saturated rings. The third-order valence-corrected chi connectivity index (χ3v) is 21.8. The lowest BCUT2D eigenvalue weighted by atomic mass is 9.84. The summed E-state index contributed by atoms with van der Waals surface area (Å²) >= 11 is 0. The summed E-state index contributed by atoms with van der Waals surface area (Å²) in [7, 11) is 0. The van der Waals surface area contributed by atoms with Gasteiger partial charge >= 0.3 is 0 Å². The Bertz CT molecular complexity index is 7060. The molecule has 0 N–H and O–H groups in total. The van der Waals surface area contributed by atoms with Gasteiger partial charge in [-0.05, 0) is 161 Å². The summed E-state index contributed by atoms with van der Waals surface area (Å²) < 4.78 is 0. The summed E-state index contributed by atoms with van der Waals surface area (Å²) in [6.07, 6.45) is 0. The number of aromatic nitrogens is 6. The lowest BCUT2D eigenvalue weighted by Crippen LogP contribution is -2.00. The van der Waals surface area contributed by atoms with Crippen LogP contribution in [0.25, 0.3) is 211 Å². The monoisotopic (exact) mass is 1450 g/mol. The second-order valence-corrected chi connectivity index (χ2v) is 28.7. The van der Waals surface area contributed by atoms with Crippen LogP contribution < -0.4 is 0 Å². The summed E-state index contributed by atoms with van der Waals surface area (Å²) in [6.45, 7) is 0. The van der Waals surface area contributed by atoms with Crippen molar-refractivity contribution < 1.29 is 0 Å². The zero-order chi connectivity index (χ0) is 75.7. The Morgan fingerprint density at radius 1 is 0.114 bits per heavy atom. The maximum atomic E-state index is 5.14. The van der Waals surface area contributed by atoms with Gasteiger partial charge in [0.25, 0.3) is 0 Å². The average Bonchev–Trinajstić information content (AvgIpc) is 0.735. The van der Waals surface area contributed by atoms with Crippen LogP contribution in [0.2, 0.25) is 0 Å². The Kier molecular flexibility index (Phi) is 17.9. The van der Waals surface area contributed by atoms with Crippen LogP contribution in [0, 0.1) is 0 Å². The fourth-order valence-corrected chi connectivity index (χ4v) is 16.3. The fraction of sp³-hybridized carbons (Fsp3) is 0. The quantitative estimate of drug-likeness (QED) is 0.107. The van der Waals surface area contributed by atoms with Crippen LogP contribution >= 0.6 is 0 Å². The molecule has 0 aliphatic heterocycles. The van der Waals surface area contributed by atoms with Crippen molar-refractivity contribution in [1.29, 1.82) is 0 Å². The van der Waals surface area contributed by atoms with Gasteiger partial charge in [0.05, 0.1) is 0 Å². The van der Waals surface area contributed by atoms with Gasteiger partial charge in [0.2, 0.25) is 0 Å². The molecular weight excluding hydrogens is 1380 g/mol. The van der Waals surface area contributed by atoms with Crippen molar-refractivity contribution in [2.45, 2.75) is 0 Å². The minimum absolute atomic E-state index is 0.629. The molecule has 2 aromatic heterocycles. The molecule has 0 spiro atoms. The highest BCUT2D eigenvalue weighted by molar-refractivity contribution is 6.24. The van der Waals surface area contributed by atoms with Crippen LogP contribution in [-0.4, -0.2) is 29.9 Å². The van der Waals surface area contributed by atoms with E-state index in [0.717, 1.165) is 55.6 Å². The predicted octanol–water partition coefficient (Wildman–Crippen LogP) is 28.3. The molecule has 0 radical (unpaired) electrons. The summed E-state index contributed by atoms with van der Waals surface area (Å²) in [5.41, 5.74) is 22.2. The number of hydrogen-bond acceptors (Lipinski definition) is 6. The molecule has 0 unspecified atom stereocenters. The molecule has 6 heteroatoms. The van der Waals surface area contributed by atoms with E-state index in [0.29, 0.717) is 34.9 Å². The Hall–Kier alpha value is -15.2. The van der Waals surface area contributed by atoms with E-state index in [4.69, 9.17) is 29.9 Å². The molecule has 532 valence electrons. The van der Waals surface area contributed by atoms with E-state index in [1.807, 2.05) is 60.7 Å². The summed E-state index contributed by atoms with van der Waals surface area (Å²) in [4.78, 5) is 30.5. The van der Waals surface area contributed by atoms with Crippen molar-refractivity contribution in [2.24, 2.45) is 0 Å². The minimum Gasteiger partial charge on any atom is -0.208 e. The lowest BCUT2D eigenvalue weighted by molar-refractivity contribution is 1.07. The Balaban J connectivity index is 0.000000149. The van der Waals surface area contributed by atoms with Gasteiger partial charge in [-0.25, -0.2) is 29.9 Å². The molecule has 6 nitrogen and oxygen atoms in total. The Morgan fingerprint density at radius 3 is 0.754 bits per heavy atom. The molecule has 0 saturated carbocycles. The summed E-state index contributed by atoms with van der Waals surface area (Å²) in [6, 6.07) is 150. The Labute approximate surface area is 661 Å². The van der Waals surface area contributed by atoms with Crippen LogP contribution in [0.3, 0.4) is 0 Å². The van der Waals surface area contributed by atoms with Gasteiger partial charge in [0, 0.05) is 33.4 Å². The van der Waals surface area contributed by atoms with Gasteiger partial charge in [0.1, 0.15) is 0 Å². The maximum absolute atomic E-state index is 5.14. The Morgan fingerprint density at radius 2 is 0.351 bits per heavy atom. The zero-order valence-electron chi connectivity index (χ0n) is 62.1. The van der Waals surface area contributed by atoms with Crippen molar-refractivity contribution in [3.63, 3.8) is 0 Å². The van der Waals surface area contributed by atoms with E-state index in [1.54, 1.807) is 0 Å². The van der Waals surface area contributed by atoms with E-state index in [9.17, 15) is 0 Å². The molecule has 0 aliphatic rings. The standard InChI is InChI=1S/C57H37N3.C51H33N3/c1-3-14-38(15-4-1)40-28-33-44(34-29-40)56-58-55(43-17-5-2-6-18-43)59-57(60-56)48-21-13-20-47(37-48)54-51-24-11-9-22-49(51)53(50-23-10-12-25-52(50)54)42-31-26-41(27-32-42)46-35-30-39-16-7-8-19-45(39)36-46;1-3-15-34(16-4-1)35-29-31-38(32-30-35)50-52-49(37-18-5-2-6-19-37)53-51(54-50)40-22-13-21-39(33-40)47-43-24-9-11-26-45(43)48(46-27-12-10-25-44(46)47)42-28-14-20-36-17-7-8-23-41(36)42/h1-37H;1-33H. The first kappa shape index (κ1) is 68.1. The van der Waals surface area contributed by atoms with Crippen molar-refractivity contribution in [2.75, 3.05) is 0 Å². The number of rotatable bonds is 13. The highest BCUT2D eigenvalue weighted by atomic mass is 15.0. The smallest absolute Gasteiger partial charge is 0.164 e. The van der Waals surface area contributed by atoms with Crippen LogP contribution in [0.15, 0.2) is 425 Å². The zero-order valence-corrected chi connectivity index (χ0v) is 62.1. The third-order valence-electron chi connectivity index (χ3n) is 21.8. The van der Waals surface area contributed by atoms with E-state index < -0.39 is 0 Å². The van der Waals surface area contributed by atoms with E-state index in [1.165, 1.54) is 120 Å². The number of fused-ring (bicyclic) bond motifs is 6.